The van der Waals surface area contributed by atoms with Gasteiger partial charge in [-0.3, -0.25) is 0 Å². The first-order valence-corrected chi connectivity index (χ1v) is 9.01. The number of nitrogens with zero attached hydrogens (tertiary/aromatic N) is 1. The molecule has 0 saturated heterocycles. The molecule has 5 nitrogen and oxygen atoms in total. The SMILES string of the molecule is CCCCOc1cccc(NC(=O)N(C)C2CCC(CO)CC2)c1. The van der Waals surface area contributed by atoms with Crippen LogP contribution in [0.5, 0.6) is 5.75 Å². The van der Waals surface area contributed by atoms with Crippen molar-refractivity contribution in [2.45, 2.75) is 51.5 Å². The molecule has 0 spiro atoms. The lowest BCUT2D eigenvalue weighted by Crippen LogP contribution is -2.42. The Morgan fingerprint density at radius 2 is 2.08 bits per heavy atom. The molecule has 1 fully saturated rings. The Morgan fingerprint density at radius 1 is 1.33 bits per heavy atom. The van der Waals surface area contributed by atoms with E-state index in [0.29, 0.717) is 12.5 Å². The van der Waals surface area contributed by atoms with Crippen molar-refractivity contribution in [3.63, 3.8) is 0 Å². The fourth-order valence-corrected chi connectivity index (χ4v) is 3.09. The molecule has 0 unspecified atom stereocenters. The van der Waals surface area contributed by atoms with Gasteiger partial charge in [-0.2, -0.15) is 0 Å². The van der Waals surface area contributed by atoms with Crippen LogP contribution >= 0.6 is 0 Å². The van der Waals surface area contributed by atoms with Gasteiger partial charge in [-0.15, -0.1) is 0 Å². The smallest absolute Gasteiger partial charge is 0.321 e. The number of benzene rings is 1. The molecule has 0 atom stereocenters. The molecule has 134 valence electrons. The number of hydrogen-bond donors (Lipinski definition) is 2. The highest BCUT2D eigenvalue weighted by Gasteiger charge is 2.26. The van der Waals surface area contributed by atoms with Crippen molar-refractivity contribution in [3.05, 3.63) is 24.3 Å². The van der Waals surface area contributed by atoms with E-state index >= 15 is 0 Å². The first kappa shape index (κ1) is 18.6. The molecule has 1 saturated carbocycles. The lowest BCUT2D eigenvalue weighted by Gasteiger charge is -2.34. The third-order valence-electron chi connectivity index (χ3n) is 4.79. The van der Waals surface area contributed by atoms with E-state index in [1.165, 1.54) is 0 Å². The molecule has 2 amide bonds. The molecule has 0 bridgehead atoms. The van der Waals surface area contributed by atoms with Gasteiger partial charge in [0, 0.05) is 31.5 Å². The van der Waals surface area contributed by atoms with Gasteiger partial charge in [0.05, 0.1) is 6.61 Å². The van der Waals surface area contributed by atoms with Crippen LogP contribution in [0.15, 0.2) is 24.3 Å². The average Bonchev–Trinajstić information content (AvgIpc) is 2.62. The lowest BCUT2D eigenvalue weighted by atomic mass is 9.86. The van der Waals surface area contributed by atoms with Gasteiger partial charge in [0.2, 0.25) is 0 Å². The minimum atomic E-state index is -0.0897. The monoisotopic (exact) mass is 334 g/mol. The molecule has 1 aromatic carbocycles. The summed E-state index contributed by atoms with van der Waals surface area (Å²) in [6.45, 7) is 3.08. The topological polar surface area (TPSA) is 61.8 Å². The van der Waals surface area contributed by atoms with Crippen molar-refractivity contribution in [2.75, 3.05) is 25.6 Å². The lowest BCUT2D eigenvalue weighted by molar-refractivity contribution is 0.139. The molecule has 0 radical (unpaired) electrons. The Labute approximate surface area is 145 Å². The van der Waals surface area contributed by atoms with E-state index in [0.717, 1.165) is 50.0 Å². The van der Waals surface area contributed by atoms with Crippen molar-refractivity contribution >= 4 is 11.7 Å². The summed E-state index contributed by atoms with van der Waals surface area (Å²) in [5.41, 5.74) is 0.755. The number of anilines is 1. The quantitative estimate of drug-likeness (QED) is 0.744. The van der Waals surface area contributed by atoms with Crippen LogP contribution in [-0.4, -0.2) is 42.3 Å². The summed E-state index contributed by atoms with van der Waals surface area (Å²) in [6.07, 6.45) is 6.00. The Morgan fingerprint density at radius 3 is 2.75 bits per heavy atom. The van der Waals surface area contributed by atoms with E-state index in [1.807, 2.05) is 31.3 Å². The molecule has 5 heteroatoms. The van der Waals surface area contributed by atoms with Crippen molar-refractivity contribution in [1.82, 2.24) is 4.90 Å². The first-order chi connectivity index (χ1) is 11.6. The van der Waals surface area contributed by atoms with E-state index in [4.69, 9.17) is 4.74 Å². The second kappa shape index (κ2) is 9.52. The fourth-order valence-electron chi connectivity index (χ4n) is 3.09. The molecular weight excluding hydrogens is 304 g/mol. The molecular formula is C19H30N2O3. The molecule has 2 rings (SSSR count). The van der Waals surface area contributed by atoms with Crippen LogP contribution < -0.4 is 10.1 Å². The van der Waals surface area contributed by atoms with Gasteiger partial charge in [-0.25, -0.2) is 4.79 Å². The zero-order valence-corrected chi connectivity index (χ0v) is 14.8. The first-order valence-electron chi connectivity index (χ1n) is 9.01. The summed E-state index contributed by atoms with van der Waals surface area (Å²) < 4.78 is 5.68. The fraction of sp³-hybridized carbons (Fsp3) is 0.632. The molecule has 0 aromatic heterocycles. The number of aliphatic hydroxyl groups excluding tert-OH is 1. The second-order valence-electron chi connectivity index (χ2n) is 6.63. The number of carbonyl (C=O) groups is 1. The molecule has 1 aromatic rings. The molecule has 0 aliphatic heterocycles. The van der Waals surface area contributed by atoms with Crippen LogP contribution in [0.2, 0.25) is 0 Å². The van der Waals surface area contributed by atoms with E-state index < -0.39 is 0 Å². The predicted molar refractivity (Wildman–Crippen MR) is 96.5 cm³/mol. The Balaban J connectivity index is 1.86. The molecule has 0 heterocycles. The van der Waals surface area contributed by atoms with E-state index in [1.54, 1.807) is 4.90 Å². The van der Waals surface area contributed by atoms with Gasteiger partial charge >= 0.3 is 6.03 Å². The maximum Gasteiger partial charge on any atom is 0.321 e. The Bertz CT molecular complexity index is 513. The summed E-state index contributed by atoms with van der Waals surface area (Å²) in [7, 11) is 1.85. The largest absolute Gasteiger partial charge is 0.494 e. The van der Waals surface area contributed by atoms with Gasteiger partial charge in [0.15, 0.2) is 0 Å². The minimum Gasteiger partial charge on any atom is -0.494 e. The van der Waals surface area contributed by atoms with E-state index in [2.05, 4.69) is 12.2 Å². The number of aliphatic hydroxyl groups is 1. The summed E-state index contributed by atoms with van der Waals surface area (Å²) in [4.78, 5) is 14.2. The highest BCUT2D eigenvalue weighted by Crippen LogP contribution is 2.27. The number of unbranched alkanes of at least 4 members (excludes halogenated alkanes) is 1. The highest BCUT2D eigenvalue weighted by molar-refractivity contribution is 5.89. The predicted octanol–water partition coefficient (Wildman–Crippen LogP) is 3.88. The third kappa shape index (κ3) is 5.41. The van der Waals surface area contributed by atoms with Crippen LogP contribution in [0.4, 0.5) is 10.5 Å². The summed E-state index contributed by atoms with van der Waals surface area (Å²) in [5.74, 6) is 1.18. The number of hydrogen-bond acceptors (Lipinski definition) is 3. The third-order valence-corrected chi connectivity index (χ3v) is 4.79. The second-order valence-corrected chi connectivity index (χ2v) is 6.63. The van der Waals surface area contributed by atoms with Gasteiger partial charge in [-0.1, -0.05) is 19.4 Å². The zero-order chi connectivity index (χ0) is 17.4. The van der Waals surface area contributed by atoms with Crippen LogP contribution in [0.25, 0.3) is 0 Å². The number of urea groups is 1. The molecule has 1 aliphatic carbocycles. The van der Waals surface area contributed by atoms with Crippen LogP contribution in [0.3, 0.4) is 0 Å². The number of amides is 2. The van der Waals surface area contributed by atoms with Gasteiger partial charge in [0.25, 0.3) is 0 Å². The normalized spacial score (nSPS) is 20.5. The molecule has 2 N–H and O–H groups in total. The van der Waals surface area contributed by atoms with Crippen LogP contribution in [0.1, 0.15) is 45.4 Å². The Hall–Kier alpha value is -1.75. The van der Waals surface area contributed by atoms with E-state index in [9.17, 15) is 9.90 Å². The average molecular weight is 334 g/mol. The van der Waals surface area contributed by atoms with Crippen molar-refractivity contribution in [3.8, 4) is 5.75 Å². The Kier molecular flexibility index (Phi) is 7.37. The molecule has 24 heavy (non-hydrogen) atoms. The highest BCUT2D eigenvalue weighted by atomic mass is 16.5. The van der Waals surface area contributed by atoms with Crippen molar-refractivity contribution < 1.29 is 14.6 Å². The number of rotatable bonds is 7. The standard InChI is InChI=1S/C19H30N2O3/c1-3-4-12-24-18-7-5-6-16(13-18)20-19(23)21(2)17-10-8-15(14-22)9-11-17/h5-7,13,15,17,22H,3-4,8-12,14H2,1-2H3,(H,20,23). The zero-order valence-electron chi connectivity index (χ0n) is 14.8. The van der Waals surface area contributed by atoms with Crippen LogP contribution in [0, 0.1) is 5.92 Å². The summed E-state index contributed by atoms with van der Waals surface area (Å²) in [5, 5.41) is 12.2. The van der Waals surface area contributed by atoms with E-state index in [-0.39, 0.29) is 18.7 Å². The van der Waals surface area contributed by atoms with Gasteiger partial charge in [0.1, 0.15) is 5.75 Å². The van der Waals surface area contributed by atoms with Crippen LogP contribution in [-0.2, 0) is 0 Å². The van der Waals surface area contributed by atoms with Gasteiger partial charge < -0.3 is 20.1 Å². The van der Waals surface area contributed by atoms with Crippen molar-refractivity contribution in [1.29, 1.82) is 0 Å². The summed E-state index contributed by atoms with van der Waals surface area (Å²) in [6, 6.07) is 7.70. The molecule has 1 aliphatic rings. The maximum atomic E-state index is 12.5. The van der Waals surface area contributed by atoms with Gasteiger partial charge in [-0.05, 0) is 50.2 Å². The minimum absolute atomic E-state index is 0.0897. The maximum absolute atomic E-state index is 12.5. The number of nitrogens with one attached hydrogen (secondary N) is 1. The number of ether oxygens (including phenoxy) is 1. The van der Waals surface area contributed by atoms with Crippen molar-refractivity contribution in [2.24, 2.45) is 5.92 Å². The number of carbonyl (C=O) groups excluding carboxylic acids is 1. The summed E-state index contributed by atoms with van der Waals surface area (Å²) >= 11 is 0.